The first-order valence-electron chi connectivity index (χ1n) is 5.37. The molecule has 0 aromatic heterocycles. The predicted octanol–water partition coefficient (Wildman–Crippen LogP) is 1.46. The Morgan fingerprint density at radius 3 is 2.41 bits per heavy atom. The van der Waals surface area contributed by atoms with Gasteiger partial charge in [0, 0.05) is 25.7 Å². The lowest BCUT2D eigenvalue weighted by atomic mass is 10.2. The summed E-state index contributed by atoms with van der Waals surface area (Å²) >= 11 is 4.81. The van der Waals surface area contributed by atoms with E-state index in [0.717, 1.165) is 13.1 Å². The molecule has 0 fully saturated rings. The number of halogens is 1. The van der Waals surface area contributed by atoms with E-state index >= 15 is 0 Å². The Morgan fingerprint density at radius 1 is 1.29 bits per heavy atom. The summed E-state index contributed by atoms with van der Waals surface area (Å²) in [5.41, 5.74) is 6.57. The lowest BCUT2D eigenvalue weighted by molar-refractivity contribution is 0.416. The number of nitrogens with two attached hydrogens (primary N) is 1. The van der Waals surface area contributed by atoms with E-state index in [1.807, 2.05) is 26.0 Å². The summed E-state index contributed by atoms with van der Waals surface area (Å²) in [6.07, 6.45) is 0. The number of anilines is 1. The lowest BCUT2D eigenvalue weighted by Crippen LogP contribution is -2.29. The first-order valence-corrected chi connectivity index (χ1v) is 5.78. The number of hydrogen-bond acceptors (Lipinski definition) is 3. The highest BCUT2D eigenvalue weighted by Gasteiger charge is 2.09. The average molecular weight is 255 g/mol. The van der Waals surface area contributed by atoms with Crippen molar-refractivity contribution < 1.29 is 4.39 Å². The molecular weight excluding hydrogens is 237 g/mol. The highest BCUT2D eigenvalue weighted by Crippen LogP contribution is 2.19. The Bertz CT molecular complexity index is 407. The molecule has 0 radical (unpaired) electrons. The molecule has 1 aromatic rings. The minimum Gasteiger partial charge on any atom is -0.389 e. The van der Waals surface area contributed by atoms with Gasteiger partial charge in [-0.05, 0) is 32.3 Å². The molecule has 94 valence electrons. The van der Waals surface area contributed by atoms with E-state index in [1.54, 1.807) is 12.1 Å². The van der Waals surface area contributed by atoms with Crippen molar-refractivity contribution in [2.24, 2.45) is 5.73 Å². The smallest absolute Gasteiger partial charge is 0.147 e. The van der Waals surface area contributed by atoms with Crippen LogP contribution in [0.3, 0.4) is 0 Å². The van der Waals surface area contributed by atoms with E-state index in [1.165, 1.54) is 6.07 Å². The molecule has 17 heavy (non-hydrogen) atoms. The van der Waals surface area contributed by atoms with Crippen molar-refractivity contribution >= 4 is 22.9 Å². The van der Waals surface area contributed by atoms with Crippen molar-refractivity contribution in [3.05, 3.63) is 29.6 Å². The van der Waals surface area contributed by atoms with Gasteiger partial charge in [-0.1, -0.05) is 12.2 Å². The van der Waals surface area contributed by atoms with Crippen LogP contribution in [0.4, 0.5) is 10.1 Å². The van der Waals surface area contributed by atoms with E-state index < -0.39 is 0 Å². The predicted molar refractivity (Wildman–Crippen MR) is 74.1 cm³/mol. The average Bonchev–Trinajstić information content (AvgIpc) is 2.25. The van der Waals surface area contributed by atoms with Crippen LogP contribution in [-0.2, 0) is 0 Å². The Labute approximate surface area is 107 Å². The van der Waals surface area contributed by atoms with E-state index in [4.69, 9.17) is 18.0 Å². The summed E-state index contributed by atoms with van der Waals surface area (Å²) in [4.78, 5) is 4.14. The fourth-order valence-corrected chi connectivity index (χ4v) is 1.57. The number of benzene rings is 1. The second-order valence-electron chi connectivity index (χ2n) is 4.26. The molecule has 5 heteroatoms. The molecule has 1 rings (SSSR count). The zero-order chi connectivity index (χ0) is 13.0. The third kappa shape index (κ3) is 3.94. The fourth-order valence-electron chi connectivity index (χ4n) is 1.44. The molecule has 0 heterocycles. The van der Waals surface area contributed by atoms with Gasteiger partial charge < -0.3 is 15.5 Å². The van der Waals surface area contributed by atoms with Crippen molar-refractivity contribution in [2.75, 3.05) is 39.1 Å². The zero-order valence-corrected chi connectivity index (χ0v) is 11.2. The van der Waals surface area contributed by atoms with E-state index in [-0.39, 0.29) is 10.8 Å². The second kappa shape index (κ2) is 5.93. The van der Waals surface area contributed by atoms with Crippen molar-refractivity contribution in [3.63, 3.8) is 0 Å². The third-order valence-electron chi connectivity index (χ3n) is 2.53. The molecule has 0 aliphatic carbocycles. The van der Waals surface area contributed by atoms with Crippen LogP contribution in [0.5, 0.6) is 0 Å². The van der Waals surface area contributed by atoms with Crippen LogP contribution in [0.2, 0.25) is 0 Å². The largest absolute Gasteiger partial charge is 0.389 e. The zero-order valence-electron chi connectivity index (χ0n) is 10.4. The minimum absolute atomic E-state index is 0.214. The molecule has 0 amide bonds. The third-order valence-corrected chi connectivity index (χ3v) is 2.76. The first-order chi connectivity index (χ1) is 7.91. The molecule has 0 atom stereocenters. The van der Waals surface area contributed by atoms with Gasteiger partial charge in [0.2, 0.25) is 0 Å². The quantitative estimate of drug-likeness (QED) is 0.807. The van der Waals surface area contributed by atoms with Crippen molar-refractivity contribution in [2.45, 2.75) is 0 Å². The number of hydrogen-bond donors (Lipinski definition) is 1. The first kappa shape index (κ1) is 13.9. The van der Waals surface area contributed by atoms with Crippen molar-refractivity contribution in [1.29, 1.82) is 0 Å². The van der Waals surface area contributed by atoms with Gasteiger partial charge in [0.25, 0.3) is 0 Å². The molecule has 3 nitrogen and oxygen atoms in total. The Kier molecular flexibility index (Phi) is 4.84. The van der Waals surface area contributed by atoms with Gasteiger partial charge in [-0.3, -0.25) is 0 Å². The molecule has 0 aliphatic rings. The van der Waals surface area contributed by atoms with Gasteiger partial charge in [0.1, 0.15) is 10.8 Å². The fraction of sp³-hybridized carbons (Fsp3) is 0.417. The summed E-state index contributed by atoms with van der Waals surface area (Å²) in [6, 6.07) is 4.83. The van der Waals surface area contributed by atoms with Gasteiger partial charge in [0.05, 0.1) is 5.69 Å². The maximum atomic E-state index is 13.8. The minimum atomic E-state index is -0.295. The maximum Gasteiger partial charge on any atom is 0.147 e. The van der Waals surface area contributed by atoms with Crippen LogP contribution < -0.4 is 10.6 Å². The van der Waals surface area contributed by atoms with E-state index in [0.29, 0.717) is 11.3 Å². The summed E-state index contributed by atoms with van der Waals surface area (Å²) in [7, 11) is 5.84. The van der Waals surface area contributed by atoms with Gasteiger partial charge in [-0.25, -0.2) is 4.39 Å². The summed E-state index contributed by atoms with van der Waals surface area (Å²) in [5, 5.41) is 0. The highest BCUT2D eigenvalue weighted by atomic mass is 32.1. The van der Waals surface area contributed by atoms with Gasteiger partial charge >= 0.3 is 0 Å². The molecule has 2 N–H and O–H groups in total. The number of nitrogens with zero attached hydrogens (tertiary/aromatic N) is 2. The van der Waals surface area contributed by atoms with Crippen molar-refractivity contribution in [3.8, 4) is 0 Å². The number of likely N-dealkylation sites (N-methyl/N-ethyl adjacent to an activating group) is 2. The molecule has 0 spiro atoms. The van der Waals surface area contributed by atoms with Gasteiger partial charge in [0.15, 0.2) is 0 Å². The van der Waals surface area contributed by atoms with Gasteiger partial charge in [-0.15, -0.1) is 0 Å². The molecule has 0 saturated heterocycles. The van der Waals surface area contributed by atoms with Gasteiger partial charge in [-0.2, -0.15) is 0 Å². The van der Waals surface area contributed by atoms with Crippen molar-refractivity contribution in [1.82, 2.24) is 4.90 Å². The van der Waals surface area contributed by atoms with E-state index in [2.05, 4.69) is 4.90 Å². The molecule has 0 bridgehead atoms. The van der Waals surface area contributed by atoms with Crippen LogP contribution in [0.1, 0.15) is 5.56 Å². The summed E-state index contributed by atoms with van der Waals surface area (Å²) in [5.74, 6) is -0.295. The van der Waals surface area contributed by atoms with Crippen LogP contribution in [0.25, 0.3) is 0 Å². The molecule has 0 aliphatic heterocycles. The Balaban J connectivity index is 2.81. The summed E-state index contributed by atoms with van der Waals surface area (Å²) < 4.78 is 13.8. The topological polar surface area (TPSA) is 32.5 Å². The molecule has 1 aromatic carbocycles. The second-order valence-corrected chi connectivity index (χ2v) is 4.70. The van der Waals surface area contributed by atoms with Crippen LogP contribution in [-0.4, -0.2) is 44.1 Å². The molecular formula is C12H18FN3S. The summed E-state index contributed by atoms with van der Waals surface area (Å²) in [6.45, 7) is 1.63. The van der Waals surface area contributed by atoms with Crippen LogP contribution in [0.15, 0.2) is 18.2 Å². The Hall–Kier alpha value is -1.20. The normalized spacial score (nSPS) is 10.6. The van der Waals surface area contributed by atoms with E-state index in [9.17, 15) is 4.39 Å². The molecule has 0 saturated carbocycles. The maximum absolute atomic E-state index is 13.8. The highest BCUT2D eigenvalue weighted by molar-refractivity contribution is 7.80. The lowest BCUT2D eigenvalue weighted by Gasteiger charge is -2.22. The van der Waals surface area contributed by atoms with Crippen LogP contribution >= 0.6 is 12.2 Å². The van der Waals surface area contributed by atoms with Crippen LogP contribution in [0, 0.1) is 5.82 Å². The SMILES string of the molecule is CN(C)CCN(C)c1ccc(C(N)=S)cc1F. The monoisotopic (exact) mass is 255 g/mol. The number of rotatable bonds is 5. The Morgan fingerprint density at radius 2 is 1.94 bits per heavy atom. The number of thiocarbonyl (C=S) groups is 1. The standard InChI is InChI=1S/C12H18FN3S/c1-15(2)6-7-16(3)11-5-4-9(12(14)17)8-10(11)13/h4-5,8H,6-7H2,1-3H3,(H2,14,17). The molecule has 0 unspecified atom stereocenters.